The van der Waals surface area contributed by atoms with Crippen molar-refractivity contribution in [2.75, 3.05) is 25.2 Å². The first-order valence-corrected chi connectivity index (χ1v) is 8.57. The van der Waals surface area contributed by atoms with Gasteiger partial charge in [0, 0.05) is 23.2 Å². The van der Waals surface area contributed by atoms with Crippen LogP contribution in [-0.4, -0.2) is 32.1 Å². The number of carbonyl (C=O) groups is 2. The molecule has 0 saturated heterocycles. The van der Waals surface area contributed by atoms with E-state index in [0.717, 1.165) is 23.2 Å². The third kappa shape index (κ3) is 3.47. The summed E-state index contributed by atoms with van der Waals surface area (Å²) in [5.41, 5.74) is 3.21. The van der Waals surface area contributed by atoms with Crippen molar-refractivity contribution in [3.8, 4) is 5.75 Å². The van der Waals surface area contributed by atoms with E-state index in [4.69, 9.17) is 4.74 Å². The molecule has 0 radical (unpaired) electrons. The topological polar surface area (TPSA) is 55.8 Å². The minimum Gasteiger partial charge on any atom is -0.481 e. The van der Waals surface area contributed by atoms with Crippen molar-refractivity contribution in [2.24, 2.45) is 0 Å². The van der Waals surface area contributed by atoms with Crippen LogP contribution in [0.25, 0.3) is 11.6 Å². The summed E-state index contributed by atoms with van der Waals surface area (Å²) in [6.07, 6.45) is 2.70. The Kier molecular flexibility index (Phi) is 5.37. The molecule has 0 atom stereocenters. The second-order valence-corrected chi connectivity index (χ2v) is 5.93. The molecule has 0 bridgehead atoms. The Bertz CT molecular complexity index is 857. The van der Waals surface area contributed by atoms with Crippen LogP contribution in [0.15, 0.2) is 48.5 Å². The van der Waals surface area contributed by atoms with E-state index in [9.17, 15) is 9.59 Å². The van der Waals surface area contributed by atoms with E-state index in [-0.39, 0.29) is 12.5 Å². The van der Waals surface area contributed by atoms with Gasteiger partial charge in [-0.05, 0) is 24.6 Å². The van der Waals surface area contributed by atoms with Crippen LogP contribution in [0.4, 0.5) is 5.69 Å². The van der Waals surface area contributed by atoms with Crippen molar-refractivity contribution in [1.82, 2.24) is 0 Å². The molecule has 2 aromatic rings. The fourth-order valence-corrected chi connectivity index (χ4v) is 2.97. The van der Waals surface area contributed by atoms with Crippen LogP contribution < -0.4 is 9.64 Å². The van der Waals surface area contributed by atoms with Crippen LogP contribution in [0.1, 0.15) is 24.5 Å². The number of hydrogen-bond donors (Lipinski definition) is 0. The smallest absolute Gasteiger partial charge is 0.343 e. The first kappa shape index (κ1) is 17.7. The largest absolute Gasteiger partial charge is 0.481 e. The molecule has 0 unspecified atom stereocenters. The monoisotopic (exact) mass is 351 g/mol. The third-order valence-corrected chi connectivity index (χ3v) is 4.20. The Labute approximate surface area is 152 Å². The van der Waals surface area contributed by atoms with Gasteiger partial charge in [0.25, 0.3) is 5.91 Å². The summed E-state index contributed by atoms with van der Waals surface area (Å²) >= 11 is 0. The molecular weight excluding hydrogens is 330 g/mol. The Hall–Kier alpha value is -3.08. The number of methoxy groups -OCH3 is 1. The number of hydrogen-bond acceptors (Lipinski definition) is 4. The highest BCUT2D eigenvalue weighted by atomic mass is 16.6. The molecule has 26 heavy (non-hydrogen) atoms. The number of ether oxygens (including phenoxy) is 2. The molecule has 0 aliphatic carbocycles. The number of para-hydroxylation sites is 2. The molecule has 1 heterocycles. The van der Waals surface area contributed by atoms with Gasteiger partial charge in [-0.25, -0.2) is 4.79 Å². The number of esters is 1. The molecule has 1 aliphatic rings. The lowest BCUT2D eigenvalue weighted by atomic mass is 10.0. The van der Waals surface area contributed by atoms with Crippen molar-refractivity contribution >= 4 is 29.2 Å². The third-order valence-electron chi connectivity index (χ3n) is 4.20. The normalized spacial score (nSPS) is 14.5. The number of amides is 1. The Morgan fingerprint density at radius 2 is 1.85 bits per heavy atom. The fraction of sp³-hybridized carbons (Fsp3) is 0.238. The minimum atomic E-state index is -0.455. The first-order valence-electron chi connectivity index (χ1n) is 8.57. The van der Waals surface area contributed by atoms with Gasteiger partial charge in [0.05, 0.1) is 12.8 Å². The van der Waals surface area contributed by atoms with E-state index in [1.54, 1.807) is 11.0 Å². The second kappa shape index (κ2) is 7.87. The van der Waals surface area contributed by atoms with E-state index in [2.05, 4.69) is 4.74 Å². The van der Waals surface area contributed by atoms with E-state index in [1.807, 2.05) is 55.5 Å². The highest BCUT2D eigenvalue weighted by Crippen LogP contribution is 2.38. The van der Waals surface area contributed by atoms with E-state index < -0.39 is 5.97 Å². The lowest BCUT2D eigenvalue weighted by Crippen LogP contribution is -2.26. The number of nitrogens with zero attached hydrogens (tertiary/aromatic N) is 1. The van der Waals surface area contributed by atoms with Crippen LogP contribution >= 0.6 is 0 Å². The molecule has 1 aliphatic heterocycles. The number of anilines is 1. The quantitative estimate of drug-likeness (QED) is 0.590. The van der Waals surface area contributed by atoms with Crippen molar-refractivity contribution in [1.29, 1.82) is 0 Å². The van der Waals surface area contributed by atoms with Crippen LogP contribution in [0.2, 0.25) is 0 Å². The van der Waals surface area contributed by atoms with Crippen LogP contribution in [0.5, 0.6) is 5.75 Å². The molecule has 0 fully saturated rings. The number of rotatable bonds is 6. The molecule has 134 valence electrons. The summed E-state index contributed by atoms with van der Waals surface area (Å²) in [6, 6.07) is 15.1. The highest BCUT2D eigenvalue weighted by molar-refractivity contribution is 6.35. The predicted molar refractivity (Wildman–Crippen MR) is 101 cm³/mol. The molecule has 5 heteroatoms. The summed E-state index contributed by atoms with van der Waals surface area (Å²) in [5, 5.41) is 0. The van der Waals surface area contributed by atoms with E-state index >= 15 is 0 Å². The molecule has 5 nitrogen and oxygen atoms in total. The molecule has 1 amide bonds. The standard InChI is InChI=1S/C21H21NO4/c1-3-12-22-18-10-6-5-9-16(18)17(21(22)24)13-15-8-4-7-11-19(15)26-14-20(23)25-2/h4-11,13H,3,12,14H2,1-2H3/b17-13-. The highest BCUT2D eigenvalue weighted by Gasteiger charge is 2.31. The number of benzene rings is 2. The molecule has 3 rings (SSSR count). The predicted octanol–water partition coefficient (Wildman–Crippen LogP) is 3.54. The number of fused-ring (bicyclic) bond motifs is 1. The maximum absolute atomic E-state index is 12.9. The van der Waals surface area contributed by atoms with Gasteiger partial charge in [-0.1, -0.05) is 43.3 Å². The molecule has 0 spiro atoms. The Morgan fingerprint density at radius 3 is 2.62 bits per heavy atom. The van der Waals surface area contributed by atoms with Gasteiger partial charge in [0.1, 0.15) is 5.75 Å². The minimum absolute atomic E-state index is 0.0178. The van der Waals surface area contributed by atoms with Gasteiger partial charge in [-0.15, -0.1) is 0 Å². The van der Waals surface area contributed by atoms with Gasteiger partial charge in [0.15, 0.2) is 6.61 Å². The molecule has 0 aromatic heterocycles. The lowest BCUT2D eigenvalue weighted by Gasteiger charge is -2.15. The van der Waals surface area contributed by atoms with Gasteiger partial charge >= 0.3 is 5.97 Å². The van der Waals surface area contributed by atoms with Gasteiger partial charge < -0.3 is 14.4 Å². The average molecular weight is 351 g/mol. The van der Waals surface area contributed by atoms with E-state index in [1.165, 1.54) is 7.11 Å². The van der Waals surface area contributed by atoms with Gasteiger partial charge in [0.2, 0.25) is 0 Å². The summed E-state index contributed by atoms with van der Waals surface area (Å²) in [4.78, 5) is 26.1. The van der Waals surface area contributed by atoms with Gasteiger partial charge in [-0.3, -0.25) is 4.79 Å². The van der Waals surface area contributed by atoms with Crippen LogP contribution in [0, 0.1) is 0 Å². The van der Waals surface area contributed by atoms with Crippen molar-refractivity contribution in [3.05, 3.63) is 59.7 Å². The zero-order chi connectivity index (χ0) is 18.5. The van der Waals surface area contributed by atoms with Crippen molar-refractivity contribution in [2.45, 2.75) is 13.3 Å². The molecule has 0 N–H and O–H groups in total. The maximum atomic E-state index is 12.9. The van der Waals surface area contributed by atoms with Crippen molar-refractivity contribution < 1.29 is 19.1 Å². The fourth-order valence-electron chi connectivity index (χ4n) is 2.97. The average Bonchev–Trinajstić information content (AvgIpc) is 2.93. The zero-order valence-electron chi connectivity index (χ0n) is 14.9. The summed E-state index contributed by atoms with van der Waals surface area (Å²) in [6.45, 7) is 2.55. The summed E-state index contributed by atoms with van der Waals surface area (Å²) < 4.78 is 10.2. The zero-order valence-corrected chi connectivity index (χ0v) is 14.9. The SMILES string of the molecule is CCCN1C(=O)/C(=C\c2ccccc2OCC(=O)OC)c2ccccc21. The Balaban J connectivity index is 1.98. The molecule has 0 saturated carbocycles. The summed E-state index contributed by atoms with van der Waals surface area (Å²) in [7, 11) is 1.32. The number of carbonyl (C=O) groups excluding carboxylic acids is 2. The van der Waals surface area contributed by atoms with Gasteiger partial charge in [-0.2, -0.15) is 0 Å². The van der Waals surface area contributed by atoms with Crippen molar-refractivity contribution in [3.63, 3.8) is 0 Å². The maximum Gasteiger partial charge on any atom is 0.343 e. The first-order chi connectivity index (χ1) is 12.7. The van der Waals surface area contributed by atoms with Crippen LogP contribution in [0.3, 0.4) is 0 Å². The Morgan fingerprint density at radius 1 is 1.12 bits per heavy atom. The summed E-state index contributed by atoms with van der Waals surface area (Å²) in [5.74, 6) is 0.0595. The van der Waals surface area contributed by atoms with E-state index in [0.29, 0.717) is 17.9 Å². The molecule has 2 aromatic carbocycles. The lowest BCUT2D eigenvalue weighted by molar-refractivity contribution is -0.142. The van der Waals surface area contributed by atoms with Crippen LogP contribution in [-0.2, 0) is 14.3 Å². The second-order valence-electron chi connectivity index (χ2n) is 5.93. The molecular formula is C21H21NO4.